The molecular formula is C19H25N5O2. The monoisotopic (exact) mass is 355 g/mol. The van der Waals surface area contributed by atoms with Crippen molar-refractivity contribution < 1.29 is 9.59 Å². The fourth-order valence-electron chi connectivity index (χ4n) is 4.23. The molecule has 2 amide bonds. The van der Waals surface area contributed by atoms with Gasteiger partial charge >= 0.3 is 0 Å². The molecule has 0 radical (unpaired) electrons. The van der Waals surface area contributed by atoms with E-state index < -0.39 is 0 Å². The van der Waals surface area contributed by atoms with E-state index in [-0.39, 0.29) is 17.9 Å². The summed E-state index contributed by atoms with van der Waals surface area (Å²) in [5.74, 6) is 0.452. The molecule has 26 heavy (non-hydrogen) atoms. The first kappa shape index (κ1) is 17.0. The van der Waals surface area contributed by atoms with E-state index in [0.29, 0.717) is 30.7 Å². The van der Waals surface area contributed by atoms with E-state index in [1.165, 1.54) is 25.7 Å². The largest absolute Gasteiger partial charge is 0.353 e. The van der Waals surface area contributed by atoms with Gasteiger partial charge in [-0.1, -0.05) is 31.0 Å². The Labute approximate surface area is 152 Å². The zero-order valence-electron chi connectivity index (χ0n) is 14.8. The van der Waals surface area contributed by atoms with E-state index in [2.05, 4.69) is 26.1 Å². The Hall–Kier alpha value is -2.41. The first-order chi connectivity index (χ1) is 12.7. The van der Waals surface area contributed by atoms with Crippen LogP contribution in [-0.2, 0) is 4.79 Å². The Morgan fingerprint density at radius 1 is 1.12 bits per heavy atom. The molecule has 0 spiro atoms. The summed E-state index contributed by atoms with van der Waals surface area (Å²) in [6.07, 6.45) is 5.89. The molecule has 4 N–H and O–H groups in total. The van der Waals surface area contributed by atoms with Gasteiger partial charge in [-0.25, -0.2) is 0 Å². The lowest BCUT2D eigenvalue weighted by Gasteiger charge is -2.24. The van der Waals surface area contributed by atoms with Gasteiger partial charge in [0.15, 0.2) is 5.69 Å². The van der Waals surface area contributed by atoms with Gasteiger partial charge < -0.3 is 16.0 Å². The van der Waals surface area contributed by atoms with Crippen molar-refractivity contribution in [2.24, 2.45) is 5.92 Å². The molecule has 3 unspecified atom stereocenters. The van der Waals surface area contributed by atoms with Gasteiger partial charge in [0.25, 0.3) is 5.91 Å². The van der Waals surface area contributed by atoms with Gasteiger partial charge in [-0.05, 0) is 31.2 Å². The number of H-pyrrole nitrogens is 1. The molecule has 2 aliphatic rings. The van der Waals surface area contributed by atoms with Gasteiger partial charge in [0, 0.05) is 24.5 Å². The predicted octanol–water partition coefficient (Wildman–Crippen LogP) is 1.33. The number of aromatic amines is 1. The maximum atomic E-state index is 12.3. The minimum absolute atomic E-state index is 0.0406. The van der Waals surface area contributed by atoms with Crippen LogP contribution in [0.15, 0.2) is 24.3 Å². The number of benzene rings is 1. The fraction of sp³-hybridized carbons (Fsp3) is 0.526. The van der Waals surface area contributed by atoms with Crippen molar-refractivity contribution >= 4 is 22.7 Å². The Balaban J connectivity index is 1.22. The standard InChI is InChI=1S/C19H25N5O2/c25-18(16-11-12-5-1-3-7-14(12)22-16)20-9-10-21-19(26)17-13-6-2-4-8-15(13)23-24-17/h2,4,6,8,12,14,16,22H,1,3,5,7,9-11H2,(H,20,25)(H,21,26)(H,23,24). The number of fused-ring (bicyclic) bond motifs is 2. The smallest absolute Gasteiger partial charge is 0.272 e. The van der Waals surface area contributed by atoms with Gasteiger partial charge in [-0.3, -0.25) is 14.7 Å². The zero-order valence-corrected chi connectivity index (χ0v) is 14.8. The van der Waals surface area contributed by atoms with Crippen molar-refractivity contribution in [2.75, 3.05) is 13.1 Å². The highest BCUT2D eigenvalue weighted by atomic mass is 16.2. The average Bonchev–Trinajstić information content (AvgIpc) is 3.29. The zero-order chi connectivity index (χ0) is 17.9. The minimum Gasteiger partial charge on any atom is -0.353 e. The number of rotatable bonds is 5. The van der Waals surface area contributed by atoms with E-state index >= 15 is 0 Å². The second-order valence-electron chi connectivity index (χ2n) is 7.27. The number of amides is 2. The summed E-state index contributed by atoms with van der Waals surface area (Å²) in [4.78, 5) is 24.6. The van der Waals surface area contributed by atoms with Gasteiger partial charge in [0.1, 0.15) is 0 Å². The van der Waals surface area contributed by atoms with Crippen molar-refractivity contribution in [3.8, 4) is 0 Å². The van der Waals surface area contributed by atoms with Crippen molar-refractivity contribution in [1.29, 1.82) is 0 Å². The van der Waals surface area contributed by atoms with Crippen molar-refractivity contribution in [3.63, 3.8) is 0 Å². The quantitative estimate of drug-likeness (QED) is 0.608. The van der Waals surface area contributed by atoms with Crippen LogP contribution in [0.25, 0.3) is 10.9 Å². The molecule has 3 atom stereocenters. The average molecular weight is 355 g/mol. The van der Waals surface area contributed by atoms with Crippen LogP contribution >= 0.6 is 0 Å². The summed E-state index contributed by atoms with van der Waals surface area (Å²) in [6.45, 7) is 0.797. The van der Waals surface area contributed by atoms with Crippen LogP contribution in [0.3, 0.4) is 0 Å². The molecule has 2 fully saturated rings. The minimum atomic E-state index is -0.235. The highest BCUT2D eigenvalue weighted by Gasteiger charge is 2.37. The SMILES string of the molecule is O=C(NCCNC(=O)C1CC2CCCCC2N1)c1n[nH]c2ccccc12. The molecule has 2 aromatic rings. The normalized spacial score (nSPS) is 25.0. The van der Waals surface area contributed by atoms with Crippen LogP contribution in [0.5, 0.6) is 0 Å². The summed E-state index contributed by atoms with van der Waals surface area (Å²) in [7, 11) is 0. The Morgan fingerprint density at radius 3 is 2.81 bits per heavy atom. The van der Waals surface area contributed by atoms with Gasteiger partial charge in [-0.2, -0.15) is 5.10 Å². The van der Waals surface area contributed by atoms with Crippen molar-refractivity contribution in [2.45, 2.75) is 44.2 Å². The number of hydrogen-bond acceptors (Lipinski definition) is 4. The van der Waals surface area contributed by atoms with Gasteiger partial charge in [-0.15, -0.1) is 0 Å². The maximum Gasteiger partial charge on any atom is 0.272 e. The lowest BCUT2D eigenvalue weighted by atomic mass is 9.85. The van der Waals surface area contributed by atoms with Gasteiger partial charge in [0.2, 0.25) is 5.91 Å². The van der Waals surface area contributed by atoms with Crippen LogP contribution in [-0.4, -0.2) is 47.2 Å². The molecule has 2 heterocycles. The highest BCUT2D eigenvalue weighted by Crippen LogP contribution is 2.33. The summed E-state index contributed by atoms with van der Waals surface area (Å²) in [5, 5.41) is 16.9. The van der Waals surface area contributed by atoms with Crippen molar-refractivity contribution in [1.82, 2.24) is 26.1 Å². The van der Waals surface area contributed by atoms with Crippen LogP contribution in [0.4, 0.5) is 0 Å². The number of carbonyl (C=O) groups excluding carboxylic acids is 2. The van der Waals surface area contributed by atoms with E-state index in [1.54, 1.807) is 0 Å². The van der Waals surface area contributed by atoms with E-state index in [4.69, 9.17) is 0 Å². The number of nitrogens with zero attached hydrogens (tertiary/aromatic N) is 1. The summed E-state index contributed by atoms with van der Waals surface area (Å²) in [5.41, 5.74) is 1.22. The Bertz CT molecular complexity index is 788. The molecule has 1 aliphatic carbocycles. The number of hydrogen-bond donors (Lipinski definition) is 4. The fourth-order valence-corrected chi connectivity index (χ4v) is 4.23. The maximum absolute atomic E-state index is 12.3. The lowest BCUT2D eigenvalue weighted by Crippen LogP contribution is -2.45. The molecule has 1 saturated heterocycles. The second-order valence-corrected chi connectivity index (χ2v) is 7.27. The summed E-state index contributed by atoms with van der Waals surface area (Å²) in [6, 6.07) is 7.93. The molecule has 7 heteroatoms. The number of nitrogens with one attached hydrogen (secondary N) is 4. The molecule has 0 bridgehead atoms. The molecular weight excluding hydrogens is 330 g/mol. The third-order valence-electron chi connectivity index (χ3n) is 5.57. The molecule has 138 valence electrons. The molecule has 1 aliphatic heterocycles. The third-order valence-corrected chi connectivity index (χ3v) is 5.57. The number of aromatic nitrogens is 2. The first-order valence-electron chi connectivity index (χ1n) is 9.47. The molecule has 7 nitrogen and oxygen atoms in total. The Morgan fingerprint density at radius 2 is 1.92 bits per heavy atom. The topological polar surface area (TPSA) is 98.9 Å². The molecule has 1 saturated carbocycles. The molecule has 1 aromatic carbocycles. The van der Waals surface area contributed by atoms with Crippen LogP contribution in [0, 0.1) is 5.92 Å². The highest BCUT2D eigenvalue weighted by molar-refractivity contribution is 6.04. The lowest BCUT2D eigenvalue weighted by molar-refractivity contribution is -0.122. The Kier molecular flexibility index (Phi) is 4.88. The van der Waals surface area contributed by atoms with E-state index in [1.807, 2.05) is 24.3 Å². The molecule has 1 aromatic heterocycles. The van der Waals surface area contributed by atoms with Gasteiger partial charge in [0.05, 0.1) is 11.6 Å². The van der Waals surface area contributed by atoms with Crippen LogP contribution in [0.1, 0.15) is 42.6 Å². The third kappa shape index (κ3) is 3.44. The first-order valence-corrected chi connectivity index (χ1v) is 9.47. The predicted molar refractivity (Wildman–Crippen MR) is 98.7 cm³/mol. The number of carbonyl (C=O) groups is 2. The molecule has 4 rings (SSSR count). The summed E-state index contributed by atoms with van der Waals surface area (Å²) >= 11 is 0. The van der Waals surface area contributed by atoms with E-state index in [0.717, 1.165) is 17.3 Å². The second kappa shape index (κ2) is 7.45. The number of para-hydroxylation sites is 1. The van der Waals surface area contributed by atoms with E-state index in [9.17, 15) is 9.59 Å². The summed E-state index contributed by atoms with van der Waals surface area (Å²) < 4.78 is 0. The van der Waals surface area contributed by atoms with Crippen molar-refractivity contribution in [3.05, 3.63) is 30.0 Å². The van der Waals surface area contributed by atoms with Crippen LogP contribution in [0.2, 0.25) is 0 Å². The van der Waals surface area contributed by atoms with Crippen LogP contribution < -0.4 is 16.0 Å².